The summed E-state index contributed by atoms with van der Waals surface area (Å²) in [5, 5.41) is 1.32. The van der Waals surface area contributed by atoms with E-state index in [0.717, 1.165) is 16.7 Å². The Kier molecular flexibility index (Phi) is 3.33. The molecule has 0 aliphatic carbocycles. The lowest BCUT2D eigenvalue weighted by Crippen LogP contribution is -2.50. The number of amides is 2. The summed E-state index contributed by atoms with van der Waals surface area (Å²) < 4.78 is 37.2. The number of alkyl halides is 3. The summed E-state index contributed by atoms with van der Waals surface area (Å²) in [4.78, 5) is 17.6. The number of anilines is 1. The van der Waals surface area contributed by atoms with Gasteiger partial charge >= 0.3 is 12.2 Å². The number of halogens is 3. The second kappa shape index (κ2) is 4.63. The molecule has 1 aliphatic heterocycles. The minimum Gasteiger partial charge on any atom is -0.351 e. The van der Waals surface area contributed by atoms with Crippen molar-refractivity contribution in [2.24, 2.45) is 5.73 Å². The van der Waals surface area contributed by atoms with Crippen LogP contribution in [0.1, 0.15) is 5.69 Å². The van der Waals surface area contributed by atoms with Crippen LogP contribution in [0.2, 0.25) is 0 Å². The third-order valence-electron chi connectivity index (χ3n) is 2.64. The van der Waals surface area contributed by atoms with Crippen LogP contribution in [-0.2, 0) is 6.18 Å². The fourth-order valence-electron chi connectivity index (χ4n) is 1.66. The van der Waals surface area contributed by atoms with Crippen LogP contribution in [-0.4, -0.2) is 42.1 Å². The molecule has 0 saturated carbocycles. The minimum atomic E-state index is -4.41. The van der Waals surface area contributed by atoms with Gasteiger partial charge in [-0.1, -0.05) is 0 Å². The predicted molar refractivity (Wildman–Crippen MR) is 60.5 cm³/mol. The number of hydrogen-bond donors (Lipinski definition) is 1. The molecule has 9 heteroatoms. The number of piperazine rings is 1. The first-order chi connectivity index (χ1) is 8.38. The zero-order valence-corrected chi connectivity index (χ0v) is 10.1. The second-order valence-electron chi connectivity index (χ2n) is 3.83. The van der Waals surface area contributed by atoms with Crippen molar-refractivity contribution in [3.8, 4) is 0 Å². The minimum absolute atomic E-state index is 0.325. The van der Waals surface area contributed by atoms with Crippen molar-refractivity contribution in [1.29, 1.82) is 0 Å². The molecule has 18 heavy (non-hydrogen) atoms. The Morgan fingerprint density at radius 3 is 2.39 bits per heavy atom. The van der Waals surface area contributed by atoms with Crippen LogP contribution < -0.4 is 10.6 Å². The van der Waals surface area contributed by atoms with E-state index in [1.807, 2.05) is 0 Å². The lowest BCUT2D eigenvalue weighted by molar-refractivity contribution is -0.140. The smallest absolute Gasteiger partial charge is 0.351 e. The van der Waals surface area contributed by atoms with E-state index < -0.39 is 17.9 Å². The third-order valence-corrected chi connectivity index (χ3v) is 3.55. The number of carbonyl (C=O) groups is 1. The molecule has 5 nitrogen and oxygen atoms in total. The molecule has 2 rings (SSSR count). The number of hydrogen-bond acceptors (Lipinski definition) is 4. The van der Waals surface area contributed by atoms with E-state index in [1.54, 1.807) is 4.90 Å². The summed E-state index contributed by atoms with van der Waals surface area (Å²) in [5.41, 5.74) is 4.24. The fourth-order valence-corrected chi connectivity index (χ4v) is 2.54. The molecule has 2 heterocycles. The lowest BCUT2D eigenvalue weighted by atomic mass is 10.3. The highest BCUT2D eigenvalue weighted by Gasteiger charge is 2.34. The molecule has 0 atom stereocenters. The summed E-state index contributed by atoms with van der Waals surface area (Å²) in [6.45, 7) is 1.67. The van der Waals surface area contributed by atoms with E-state index in [2.05, 4.69) is 4.98 Å². The average Bonchev–Trinajstić information content (AvgIpc) is 2.78. The first-order valence-electron chi connectivity index (χ1n) is 5.20. The Morgan fingerprint density at radius 2 is 1.94 bits per heavy atom. The van der Waals surface area contributed by atoms with Crippen molar-refractivity contribution < 1.29 is 18.0 Å². The van der Waals surface area contributed by atoms with Crippen LogP contribution >= 0.6 is 11.3 Å². The summed E-state index contributed by atoms with van der Waals surface area (Å²) in [7, 11) is 0. The van der Waals surface area contributed by atoms with Crippen molar-refractivity contribution in [1.82, 2.24) is 9.88 Å². The molecule has 2 N–H and O–H groups in total. The van der Waals surface area contributed by atoms with E-state index in [-0.39, 0.29) is 0 Å². The normalized spacial score (nSPS) is 17.1. The monoisotopic (exact) mass is 280 g/mol. The number of nitrogens with zero attached hydrogens (tertiary/aromatic N) is 3. The van der Waals surface area contributed by atoms with Gasteiger partial charge in [0.2, 0.25) is 0 Å². The van der Waals surface area contributed by atoms with Crippen molar-refractivity contribution in [3.63, 3.8) is 0 Å². The van der Waals surface area contributed by atoms with Crippen LogP contribution in [0, 0.1) is 0 Å². The quantitative estimate of drug-likeness (QED) is 0.845. The molecule has 1 saturated heterocycles. The van der Waals surface area contributed by atoms with Gasteiger partial charge in [-0.05, 0) is 0 Å². The van der Waals surface area contributed by atoms with Gasteiger partial charge in [-0.25, -0.2) is 9.78 Å². The number of nitrogens with two attached hydrogens (primary N) is 1. The highest BCUT2D eigenvalue weighted by atomic mass is 32.1. The summed E-state index contributed by atoms with van der Waals surface area (Å²) in [6, 6.07) is -0.509. The van der Waals surface area contributed by atoms with Gasteiger partial charge in [0.05, 0.1) is 0 Å². The molecule has 0 bridgehead atoms. The molecule has 0 spiro atoms. The maximum Gasteiger partial charge on any atom is 0.434 e. The maximum atomic E-state index is 12.4. The first-order valence-corrected chi connectivity index (χ1v) is 6.08. The van der Waals surface area contributed by atoms with Crippen LogP contribution in [0.25, 0.3) is 0 Å². The zero-order chi connectivity index (χ0) is 13.3. The van der Waals surface area contributed by atoms with Crippen molar-refractivity contribution >= 4 is 22.5 Å². The Bertz CT molecular complexity index is 439. The second-order valence-corrected chi connectivity index (χ2v) is 4.66. The molecule has 1 aliphatic rings. The van der Waals surface area contributed by atoms with Gasteiger partial charge < -0.3 is 15.5 Å². The highest BCUT2D eigenvalue weighted by molar-refractivity contribution is 7.13. The van der Waals surface area contributed by atoms with Gasteiger partial charge in [0.1, 0.15) is 0 Å². The van der Waals surface area contributed by atoms with E-state index in [4.69, 9.17) is 5.73 Å². The molecule has 0 aromatic carbocycles. The largest absolute Gasteiger partial charge is 0.434 e. The summed E-state index contributed by atoms with van der Waals surface area (Å²) >= 11 is 0.953. The molecule has 100 valence electrons. The molecular weight excluding hydrogens is 269 g/mol. The third kappa shape index (κ3) is 2.66. The van der Waals surface area contributed by atoms with Gasteiger partial charge in [0, 0.05) is 31.6 Å². The predicted octanol–water partition coefficient (Wildman–Crippen LogP) is 1.36. The number of thiazole rings is 1. The first kappa shape index (κ1) is 12.9. The summed E-state index contributed by atoms with van der Waals surface area (Å²) in [5.74, 6) is 0. The molecule has 1 aromatic heterocycles. The summed E-state index contributed by atoms with van der Waals surface area (Å²) in [6.07, 6.45) is -4.41. The van der Waals surface area contributed by atoms with Gasteiger partial charge in [0.15, 0.2) is 10.8 Å². The molecule has 0 radical (unpaired) electrons. The van der Waals surface area contributed by atoms with Crippen LogP contribution in [0.5, 0.6) is 0 Å². The lowest BCUT2D eigenvalue weighted by Gasteiger charge is -2.33. The Labute approximate surface area is 105 Å². The number of urea groups is 1. The molecule has 1 aromatic rings. The topological polar surface area (TPSA) is 62.5 Å². The van der Waals surface area contributed by atoms with E-state index in [9.17, 15) is 18.0 Å². The molecule has 1 fully saturated rings. The van der Waals surface area contributed by atoms with E-state index >= 15 is 0 Å². The Balaban J connectivity index is 2.02. The van der Waals surface area contributed by atoms with Gasteiger partial charge in [-0.2, -0.15) is 13.2 Å². The zero-order valence-electron chi connectivity index (χ0n) is 9.28. The molecule has 0 unspecified atom stereocenters. The maximum absolute atomic E-state index is 12.4. The van der Waals surface area contributed by atoms with Gasteiger partial charge in [-0.15, -0.1) is 11.3 Å². The van der Waals surface area contributed by atoms with Crippen molar-refractivity contribution in [2.45, 2.75) is 6.18 Å². The van der Waals surface area contributed by atoms with Crippen molar-refractivity contribution in [2.75, 3.05) is 31.1 Å². The molecular formula is C9H11F3N4OS. The van der Waals surface area contributed by atoms with E-state index in [1.165, 1.54) is 4.90 Å². The van der Waals surface area contributed by atoms with Crippen LogP contribution in [0.15, 0.2) is 5.38 Å². The SMILES string of the molecule is NC(=O)N1CCN(c2nc(C(F)(F)F)cs2)CC1. The number of primary amides is 1. The van der Waals surface area contributed by atoms with Crippen LogP contribution in [0.3, 0.4) is 0 Å². The van der Waals surface area contributed by atoms with Crippen molar-refractivity contribution in [3.05, 3.63) is 11.1 Å². The number of carbonyl (C=O) groups excluding carboxylic acids is 1. The Morgan fingerprint density at radius 1 is 1.33 bits per heavy atom. The fraction of sp³-hybridized carbons (Fsp3) is 0.556. The van der Waals surface area contributed by atoms with E-state index in [0.29, 0.717) is 31.3 Å². The number of aromatic nitrogens is 1. The highest BCUT2D eigenvalue weighted by Crippen LogP contribution is 2.33. The Hall–Kier alpha value is -1.51. The van der Waals surface area contributed by atoms with Crippen LogP contribution in [0.4, 0.5) is 23.1 Å². The van der Waals surface area contributed by atoms with Gasteiger partial charge in [0.25, 0.3) is 0 Å². The standard InChI is InChI=1S/C9H11F3N4OS/c10-9(11,12)6-5-18-8(14-6)16-3-1-15(2-4-16)7(13)17/h5H,1-4H2,(H2,13,17). The number of rotatable bonds is 1. The molecule has 2 amide bonds. The average molecular weight is 280 g/mol. The van der Waals surface area contributed by atoms with Gasteiger partial charge in [-0.3, -0.25) is 0 Å².